The standard InChI is InChI=1S/C18H23N5O3S2/c1-26-17(25)15-10-5-3-2-4-6-11(10)28-16(15)23-14(24)7-8-27-18-21-12(19)9-13(20)22-18/h9H,2-8H2,1H3,(H,23,24)(H4,19,20,21,22). The highest BCUT2D eigenvalue weighted by Gasteiger charge is 2.26. The van der Waals surface area contributed by atoms with Crippen LogP contribution in [0.4, 0.5) is 16.6 Å². The quantitative estimate of drug-likeness (QED) is 0.281. The molecular weight excluding hydrogens is 398 g/mol. The van der Waals surface area contributed by atoms with Gasteiger partial charge >= 0.3 is 5.97 Å². The van der Waals surface area contributed by atoms with Gasteiger partial charge in [0, 0.05) is 23.1 Å². The predicted molar refractivity (Wildman–Crippen MR) is 112 cm³/mol. The summed E-state index contributed by atoms with van der Waals surface area (Å²) in [5, 5.41) is 3.90. The second-order valence-electron chi connectivity index (χ2n) is 6.41. The van der Waals surface area contributed by atoms with Gasteiger partial charge in [-0.1, -0.05) is 18.2 Å². The van der Waals surface area contributed by atoms with E-state index in [-0.39, 0.29) is 12.3 Å². The number of fused-ring (bicyclic) bond motifs is 1. The molecule has 8 nitrogen and oxygen atoms in total. The van der Waals surface area contributed by atoms with E-state index < -0.39 is 5.97 Å². The molecule has 3 rings (SSSR count). The normalized spacial score (nSPS) is 13.5. The topological polar surface area (TPSA) is 133 Å². The lowest BCUT2D eigenvalue weighted by atomic mass is 10.1. The number of thiophene rings is 1. The number of ether oxygens (including phenoxy) is 1. The maximum absolute atomic E-state index is 12.4. The Hall–Kier alpha value is -2.33. The number of hydrogen-bond donors (Lipinski definition) is 3. The van der Waals surface area contributed by atoms with Gasteiger partial charge in [0.25, 0.3) is 0 Å². The highest BCUT2D eigenvalue weighted by Crippen LogP contribution is 2.38. The molecule has 28 heavy (non-hydrogen) atoms. The highest BCUT2D eigenvalue weighted by atomic mass is 32.2. The number of thioether (sulfide) groups is 1. The summed E-state index contributed by atoms with van der Waals surface area (Å²) in [5.41, 5.74) is 12.8. The van der Waals surface area contributed by atoms with E-state index in [4.69, 9.17) is 16.2 Å². The minimum Gasteiger partial charge on any atom is -0.465 e. The minimum atomic E-state index is -0.396. The Balaban J connectivity index is 1.65. The molecule has 5 N–H and O–H groups in total. The zero-order chi connectivity index (χ0) is 20.1. The third-order valence-electron chi connectivity index (χ3n) is 4.37. The third-order valence-corrected chi connectivity index (χ3v) is 6.43. The van der Waals surface area contributed by atoms with Crippen molar-refractivity contribution in [3.63, 3.8) is 0 Å². The Labute approximate surface area is 171 Å². The number of carbonyl (C=O) groups is 2. The van der Waals surface area contributed by atoms with E-state index >= 15 is 0 Å². The lowest BCUT2D eigenvalue weighted by molar-refractivity contribution is -0.115. The highest BCUT2D eigenvalue weighted by molar-refractivity contribution is 7.99. The Morgan fingerprint density at radius 2 is 1.93 bits per heavy atom. The molecule has 1 amide bonds. The Bertz CT molecular complexity index is 864. The van der Waals surface area contributed by atoms with Crippen LogP contribution in [0.5, 0.6) is 0 Å². The van der Waals surface area contributed by atoms with E-state index in [1.165, 1.54) is 41.2 Å². The van der Waals surface area contributed by atoms with Gasteiger partial charge in [-0.15, -0.1) is 11.3 Å². The molecule has 0 spiro atoms. The number of esters is 1. The van der Waals surface area contributed by atoms with Crippen LogP contribution in [-0.4, -0.2) is 34.7 Å². The maximum Gasteiger partial charge on any atom is 0.341 e. The van der Waals surface area contributed by atoms with Crippen molar-refractivity contribution in [3.8, 4) is 0 Å². The first-order chi connectivity index (χ1) is 13.5. The number of carbonyl (C=O) groups excluding carboxylic acids is 2. The molecule has 0 aromatic carbocycles. The zero-order valence-electron chi connectivity index (χ0n) is 15.6. The van der Waals surface area contributed by atoms with Crippen molar-refractivity contribution in [2.24, 2.45) is 0 Å². The van der Waals surface area contributed by atoms with Crippen molar-refractivity contribution >= 4 is 51.6 Å². The predicted octanol–water partition coefficient (Wildman–Crippen LogP) is 2.88. The van der Waals surface area contributed by atoms with Crippen LogP contribution >= 0.6 is 23.1 Å². The molecule has 0 unspecified atom stereocenters. The Kier molecular flexibility index (Phi) is 6.74. The van der Waals surface area contributed by atoms with Gasteiger partial charge < -0.3 is 21.5 Å². The molecule has 2 heterocycles. The van der Waals surface area contributed by atoms with E-state index in [0.29, 0.717) is 33.1 Å². The van der Waals surface area contributed by atoms with Crippen molar-refractivity contribution in [3.05, 3.63) is 22.1 Å². The van der Waals surface area contributed by atoms with E-state index in [1.807, 2.05) is 0 Å². The number of nitrogens with one attached hydrogen (secondary N) is 1. The molecule has 0 bridgehead atoms. The molecule has 1 aliphatic rings. The van der Waals surface area contributed by atoms with Crippen LogP contribution in [0.25, 0.3) is 0 Å². The summed E-state index contributed by atoms with van der Waals surface area (Å²) >= 11 is 2.79. The zero-order valence-corrected chi connectivity index (χ0v) is 17.3. The molecule has 0 radical (unpaired) electrons. The molecule has 2 aromatic heterocycles. The summed E-state index contributed by atoms with van der Waals surface area (Å²) in [6.45, 7) is 0. The number of nitrogens with zero attached hydrogens (tertiary/aromatic N) is 2. The first-order valence-corrected chi connectivity index (χ1v) is 10.8. The van der Waals surface area contributed by atoms with Gasteiger partial charge in [0.2, 0.25) is 5.91 Å². The van der Waals surface area contributed by atoms with Crippen molar-refractivity contribution in [2.75, 3.05) is 29.6 Å². The van der Waals surface area contributed by atoms with E-state index in [2.05, 4.69) is 15.3 Å². The number of nitrogens with two attached hydrogens (primary N) is 2. The van der Waals surface area contributed by atoms with Crippen molar-refractivity contribution in [1.29, 1.82) is 0 Å². The van der Waals surface area contributed by atoms with Crippen LogP contribution < -0.4 is 16.8 Å². The average molecular weight is 422 g/mol. The van der Waals surface area contributed by atoms with Gasteiger partial charge in [0.15, 0.2) is 5.16 Å². The Morgan fingerprint density at radius 3 is 2.64 bits per heavy atom. The minimum absolute atomic E-state index is 0.175. The molecule has 0 fully saturated rings. The molecule has 0 atom stereocenters. The molecule has 0 saturated heterocycles. The number of aryl methyl sites for hydroxylation is 1. The summed E-state index contributed by atoms with van der Waals surface area (Å²) in [6.07, 6.45) is 5.31. The van der Waals surface area contributed by atoms with Crippen LogP contribution in [0.2, 0.25) is 0 Å². The molecular formula is C18H23N5O3S2. The first-order valence-electron chi connectivity index (χ1n) is 9.03. The molecule has 10 heteroatoms. The van der Waals surface area contributed by atoms with Crippen molar-refractivity contribution in [1.82, 2.24) is 9.97 Å². The lowest BCUT2D eigenvalue weighted by Crippen LogP contribution is -2.15. The summed E-state index contributed by atoms with van der Waals surface area (Å²) in [7, 11) is 1.36. The van der Waals surface area contributed by atoms with Gasteiger partial charge in [-0.2, -0.15) is 0 Å². The fourth-order valence-corrected chi connectivity index (χ4v) is 5.20. The summed E-state index contributed by atoms with van der Waals surface area (Å²) in [5.74, 6) is 0.482. The van der Waals surface area contributed by atoms with Gasteiger partial charge in [-0.3, -0.25) is 4.79 Å². The fourth-order valence-electron chi connectivity index (χ4n) is 3.10. The van der Waals surface area contributed by atoms with Gasteiger partial charge in [0.05, 0.1) is 12.7 Å². The van der Waals surface area contributed by atoms with Crippen LogP contribution in [0.3, 0.4) is 0 Å². The largest absolute Gasteiger partial charge is 0.465 e. The van der Waals surface area contributed by atoms with Crippen molar-refractivity contribution < 1.29 is 14.3 Å². The molecule has 1 aliphatic carbocycles. The summed E-state index contributed by atoms with van der Waals surface area (Å²) in [4.78, 5) is 34.1. The number of rotatable bonds is 6. The smallest absolute Gasteiger partial charge is 0.341 e. The van der Waals surface area contributed by atoms with E-state index in [1.54, 1.807) is 0 Å². The van der Waals surface area contributed by atoms with E-state index in [9.17, 15) is 9.59 Å². The number of amides is 1. The lowest BCUT2D eigenvalue weighted by Gasteiger charge is -2.07. The summed E-state index contributed by atoms with van der Waals surface area (Å²) in [6, 6.07) is 1.48. The maximum atomic E-state index is 12.4. The number of anilines is 3. The van der Waals surface area contributed by atoms with Crippen LogP contribution in [0.1, 0.15) is 46.5 Å². The van der Waals surface area contributed by atoms with Gasteiger partial charge in [0.1, 0.15) is 16.6 Å². The molecule has 0 aliphatic heterocycles. The SMILES string of the molecule is COC(=O)c1c(NC(=O)CCSc2nc(N)cc(N)n2)sc2c1CCCCC2. The monoisotopic (exact) mass is 421 g/mol. The van der Waals surface area contributed by atoms with Gasteiger partial charge in [-0.05, 0) is 31.2 Å². The van der Waals surface area contributed by atoms with Crippen LogP contribution in [0, 0.1) is 0 Å². The number of aromatic nitrogens is 2. The fraction of sp³-hybridized carbons (Fsp3) is 0.444. The van der Waals surface area contributed by atoms with Gasteiger partial charge in [-0.25, -0.2) is 14.8 Å². The van der Waals surface area contributed by atoms with Crippen LogP contribution in [-0.2, 0) is 22.4 Å². The third kappa shape index (κ3) is 4.93. The van der Waals surface area contributed by atoms with E-state index in [0.717, 1.165) is 37.7 Å². The second kappa shape index (κ2) is 9.24. The van der Waals surface area contributed by atoms with Crippen LogP contribution in [0.15, 0.2) is 11.2 Å². The first kappa shape index (κ1) is 20.4. The molecule has 0 saturated carbocycles. The number of methoxy groups -OCH3 is 1. The Morgan fingerprint density at radius 1 is 1.21 bits per heavy atom. The molecule has 150 valence electrons. The second-order valence-corrected chi connectivity index (χ2v) is 8.57. The number of nitrogen functional groups attached to an aromatic ring is 2. The summed E-state index contributed by atoms with van der Waals surface area (Å²) < 4.78 is 4.96. The average Bonchev–Trinajstić information content (AvgIpc) is 2.81. The molecule has 2 aromatic rings. The van der Waals surface area contributed by atoms with Crippen molar-refractivity contribution in [2.45, 2.75) is 43.7 Å². The number of hydrogen-bond acceptors (Lipinski definition) is 9.